The Morgan fingerprint density at radius 3 is 2.13 bits per heavy atom. The van der Waals surface area contributed by atoms with E-state index in [1.165, 1.54) is 0 Å². The van der Waals surface area contributed by atoms with Crippen molar-refractivity contribution < 1.29 is 18.0 Å². The highest BCUT2D eigenvalue weighted by Gasteiger charge is 2.31. The van der Waals surface area contributed by atoms with Gasteiger partial charge in [-0.3, -0.25) is 14.9 Å². The highest BCUT2D eigenvalue weighted by Crippen LogP contribution is 2.08. The van der Waals surface area contributed by atoms with Gasteiger partial charge in [-0.25, -0.2) is 8.42 Å². The van der Waals surface area contributed by atoms with Gasteiger partial charge >= 0.3 is 0 Å². The molecule has 1 N–H and O–H groups in total. The number of hydrogen-bond donors (Lipinski definition) is 1. The fourth-order valence-electron chi connectivity index (χ4n) is 1.33. The molecular weight excluding hydrogens is 220 g/mol. The first-order chi connectivity index (χ1) is 6.81. The average molecular weight is 234 g/mol. The van der Waals surface area contributed by atoms with Crippen LogP contribution in [-0.4, -0.2) is 43.4 Å². The van der Waals surface area contributed by atoms with Crippen LogP contribution >= 0.6 is 0 Å². The quantitative estimate of drug-likeness (QED) is 0.630. The van der Waals surface area contributed by atoms with Crippen molar-refractivity contribution >= 4 is 21.8 Å². The summed E-state index contributed by atoms with van der Waals surface area (Å²) in [5, 5.41) is 2.05. The Hall–Kier alpha value is -0.950. The Kier molecular flexibility index (Phi) is 3.46. The summed E-state index contributed by atoms with van der Waals surface area (Å²) in [6.45, 7) is 3.01. The molecule has 7 heteroatoms. The monoisotopic (exact) mass is 234 g/mol. The summed E-state index contributed by atoms with van der Waals surface area (Å²) in [6.07, 6.45) is 0. The zero-order valence-electron chi connectivity index (χ0n) is 8.69. The molecule has 15 heavy (non-hydrogen) atoms. The van der Waals surface area contributed by atoms with E-state index in [4.69, 9.17) is 0 Å². The molecule has 1 fully saturated rings. The summed E-state index contributed by atoms with van der Waals surface area (Å²) in [6, 6.07) is 0. The first kappa shape index (κ1) is 12.1. The topological polar surface area (TPSA) is 83.6 Å². The van der Waals surface area contributed by atoms with Gasteiger partial charge in [0.15, 0.2) is 0 Å². The Bertz CT molecular complexity index is 358. The lowest BCUT2D eigenvalue weighted by Gasteiger charge is -2.25. The predicted molar refractivity (Wildman–Crippen MR) is 53.3 cm³/mol. The molecule has 2 amide bonds. The van der Waals surface area contributed by atoms with E-state index in [1.807, 2.05) is 0 Å². The van der Waals surface area contributed by atoms with Gasteiger partial charge in [-0.05, 0) is 5.92 Å². The normalized spacial score (nSPS) is 19.4. The molecule has 0 aromatic carbocycles. The lowest BCUT2D eigenvalue weighted by atomic mass is 10.3. The summed E-state index contributed by atoms with van der Waals surface area (Å²) in [7, 11) is -3.50. The number of amides is 2. The van der Waals surface area contributed by atoms with E-state index in [0.29, 0.717) is 0 Å². The van der Waals surface area contributed by atoms with Gasteiger partial charge in [-0.1, -0.05) is 13.8 Å². The first-order valence-electron chi connectivity index (χ1n) is 4.62. The van der Waals surface area contributed by atoms with Crippen LogP contribution in [0.15, 0.2) is 0 Å². The number of piperazine rings is 1. The largest absolute Gasteiger partial charge is 0.294 e. The molecule has 0 unspecified atom stereocenters. The van der Waals surface area contributed by atoms with Crippen LogP contribution < -0.4 is 5.32 Å². The summed E-state index contributed by atoms with van der Waals surface area (Å²) < 4.78 is 24.3. The number of imide groups is 1. The SMILES string of the molecule is CC(C)CS(=O)(=O)N1CC(=O)NC(=O)C1. The number of hydrogen-bond acceptors (Lipinski definition) is 4. The van der Waals surface area contributed by atoms with Crippen molar-refractivity contribution in [1.82, 2.24) is 9.62 Å². The molecule has 0 atom stereocenters. The molecule has 0 aromatic rings. The predicted octanol–water partition coefficient (Wildman–Crippen LogP) is -1.07. The smallest absolute Gasteiger partial charge is 0.241 e. The summed E-state index contributed by atoms with van der Waals surface area (Å²) >= 11 is 0. The van der Waals surface area contributed by atoms with E-state index >= 15 is 0 Å². The maximum atomic E-state index is 11.7. The van der Waals surface area contributed by atoms with Gasteiger partial charge in [-0.15, -0.1) is 0 Å². The summed E-state index contributed by atoms with van der Waals surface area (Å²) in [5.74, 6) is -1.22. The molecule has 0 radical (unpaired) electrons. The Labute approximate surface area is 88.7 Å². The minimum atomic E-state index is -3.50. The van der Waals surface area contributed by atoms with Crippen molar-refractivity contribution in [3.63, 3.8) is 0 Å². The zero-order chi connectivity index (χ0) is 11.6. The van der Waals surface area contributed by atoms with Crippen molar-refractivity contribution in [2.75, 3.05) is 18.8 Å². The number of sulfonamides is 1. The van der Waals surface area contributed by atoms with Gasteiger partial charge in [-0.2, -0.15) is 4.31 Å². The molecule has 1 aliphatic rings. The molecule has 0 saturated carbocycles. The average Bonchev–Trinajstić information content (AvgIpc) is 1.99. The van der Waals surface area contributed by atoms with Crippen molar-refractivity contribution in [2.45, 2.75) is 13.8 Å². The van der Waals surface area contributed by atoms with E-state index in [-0.39, 0.29) is 24.8 Å². The van der Waals surface area contributed by atoms with Crippen LogP contribution in [0.1, 0.15) is 13.8 Å². The Balaban J connectivity index is 2.79. The van der Waals surface area contributed by atoms with Gasteiger partial charge in [0.05, 0.1) is 18.8 Å². The van der Waals surface area contributed by atoms with Gasteiger partial charge in [0.2, 0.25) is 21.8 Å². The maximum Gasteiger partial charge on any atom is 0.241 e. The van der Waals surface area contributed by atoms with E-state index in [9.17, 15) is 18.0 Å². The van der Waals surface area contributed by atoms with Crippen molar-refractivity contribution in [3.8, 4) is 0 Å². The summed E-state index contributed by atoms with van der Waals surface area (Å²) in [5.41, 5.74) is 0. The molecule has 1 heterocycles. The van der Waals surface area contributed by atoms with Crippen LogP contribution in [0.3, 0.4) is 0 Å². The van der Waals surface area contributed by atoms with Gasteiger partial charge in [0.1, 0.15) is 0 Å². The second kappa shape index (κ2) is 4.28. The lowest BCUT2D eigenvalue weighted by Crippen LogP contribution is -2.53. The van der Waals surface area contributed by atoms with Crippen molar-refractivity contribution in [1.29, 1.82) is 0 Å². The van der Waals surface area contributed by atoms with E-state index in [0.717, 1.165) is 4.31 Å². The Morgan fingerprint density at radius 2 is 1.73 bits per heavy atom. The minimum absolute atomic E-state index is 0.0323. The molecule has 1 aliphatic heterocycles. The van der Waals surface area contributed by atoms with E-state index in [1.54, 1.807) is 13.8 Å². The van der Waals surface area contributed by atoms with Gasteiger partial charge in [0.25, 0.3) is 0 Å². The van der Waals surface area contributed by atoms with E-state index in [2.05, 4.69) is 5.32 Å². The summed E-state index contributed by atoms with van der Waals surface area (Å²) in [4.78, 5) is 22.0. The molecule has 1 rings (SSSR count). The van der Waals surface area contributed by atoms with Crippen LogP contribution in [-0.2, 0) is 19.6 Å². The number of carbonyl (C=O) groups excluding carboxylic acids is 2. The second-order valence-corrected chi connectivity index (χ2v) is 5.93. The molecule has 0 bridgehead atoms. The highest BCUT2D eigenvalue weighted by molar-refractivity contribution is 7.89. The molecule has 0 spiro atoms. The van der Waals surface area contributed by atoms with Crippen molar-refractivity contribution in [3.05, 3.63) is 0 Å². The van der Waals surface area contributed by atoms with E-state index < -0.39 is 21.8 Å². The van der Waals surface area contributed by atoms with Crippen LogP contribution in [0.2, 0.25) is 0 Å². The molecule has 0 aliphatic carbocycles. The highest BCUT2D eigenvalue weighted by atomic mass is 32.2. The molecule has 86 valence electrons. The zero-order valence-corrected chi connectivity index (χ0v) is 9.50. The number of carbonyl (C=O) groups is 2. The lowest BCUT2D eigenvalue weighted by molar-refractivity contribution is -0.134. The third-order valence-electron chi connectivity index (χ3n) is 1.86. The number of nitrogens with one attached hydrogen (secondary N) is 1. The molecule has 6 nitrogen and oxygen atoms in total. The van der Waals surface area contributed by atoms with Crippen LogP contribution in [0.5, 0.6) is 0 Å². The van der Waals surface area contributed by atoms with Crippen LogP contribution in [0.25, 0.3) is 0 Å². The van der Waals surface area contributed by atoms with Crippen LogP contribution in [0, 0.1) is 5.92 Å². The third kappa shape index (κ3) is 3.28. The minimum Gasteiger partial charge on any atom is -0.294 e. The Morgan fingerprint density at radius 1 is 1.27 bits per heavy atom. The van der Waals surface area contributed by atoms with Crippen molar-refractivity contribution in [2.24, 2.45) is 5.92 Å². The molecular formula is C8H14N2O4S. The molecule has 1 saturated heterocycles. The van der Waals surface area contributed by atoms with Gasteiger partial charge < -0.3 is 0 Å². The first-order valence-corrected chi connectivity index (χ1v) is 6.22. The molecule has 0 aromatic heterocycles. The van der Waals surface area contributed by atoms with Gasteiger partial charge in [0, 0.05) is 0 Å². The standard InChI is InChI=1S/C8H14N2O4S/c1-6(2)5-15(13,14)10-3-7(11)9-8(12)4-10/h6H,3-5H2,1-2H3,(H,9,11,12). The second-order valence-electron chi connectivity index (χ2n) is 3.91. The number of rotatable bonds is 3. The fraction of sp³-hybridized carbons (Fsp3) is 0.750. The van der Waals surface area contributed by atoms with Crippen LogP contribution in [0.4, 0.5) is 0 Å². The third-order valence-corrected chi connectivity index (χ3v) is 3.99. The number of nitrogens with zero attached hydrogens (tertiary/aromatic N) is 1. The maximum absolute atomic E-state index is 11.7. The fourth-order valence-corrected chi connectivity index (χ4v) is 3.02.